The Morgan fingerprint density at radius 1 is 0.629 bits per heavy atom. The summed E-state index contributed by atoms with van der Waals surface area (Å²) >= 11 is 0. The largest absolute Gasteiger partial charge is 0.453 e. The molecule has 0 aliphatic carbocycles. The smallest absolute Gasteiger partial charge is 0.407 e. The minimum absolute atomic E-state index is 0.234. The molecule has 0 bridgehead atoms. The number of hydrogen-bond donors (Lipinski definition) is 4. The van der Waals surface area contributed by atoms with Crippen LogP contribution in [0.15, 0.2) is 109 Å². The maximum atomic E-state index is 14.0. The maximum Gasteiger partial charge on any atom is 0.407 e. The molecule has 9 rings (SSSR count). The summed E-state index contributed by atoms with van der Waals surface area (Å²) in [6, 6.07) is 27.8. The first-order valence-electron chi connectivity index (χ1n) is 20.5. The predicted octanol–water partition coefficient (Wildman–Crippen LogP) is 7.08. The van der Waals surface area contributed by atoms with E-state index in [-0.39, 0.29) is 23.9 Å². The van der Waals surface area contributed by atoms with Crippen molar-refractivity contribution in [3.8, 4) is 22.4 Å². The van der Waals surface area contributed by atoms with E-state index in [0.717, 1.165) is 58.2 Å². The first-order valence-corrected chi connectivity index (χ1v) is 20.5. The molecule has 2 aliphatic rings. The van der Waals surface area contributed by atoms with Crippen molar-refractivity contribution in [2.75, 3.05) is 27.3 Å². The van der Waals surface area contributed by atoms with Crippen LogP contribution in [-0.4, -0.2) is 91.0 Å². The standard InChI is InChI=1S/C46H44N10O6/c1-61-45(59)52-38(29-11-5-3-6-12-29)43(57)55-21-9-15-36(55)41-49-33-24-32(47-26-35(33)51-41)28-19-17-27(18-20-28)31-23-34-40(48-25-31)54-42(50-34)37-16-10-22-56(37)44(58)39(53-46(60)62-2)30-13-7-4-8-14-30/h3-8,11-14,17-20,23-26,36-39H,9-10,15-16,21-22H2,1-2H3,(H,49,51)(H,52,59)(H,53,60)(H,48,50,54)/t36-,37-,38+,39+/m0/s1. The van der Waals surface area contributed by atoms with Gasteiger partial charge in [-0.05, 0) is 54.5 Å². The zero-order valence-corrected chi connectivity index (χ0v) is 34.1. The molecule has 16 heteroatoms. The van der Waals surface area contributed by atoms with Crippen molar-refractivity contribution in [3.63, 3.8) is 0 Å². The van der Waals surface area contributed by atoms with Crippen molar-refractivity contribution in [3.05, 3.63) is 132 Å². The molecule has 0 unspecified atom stereocenters. The Labute approximate surface area is 356 Å². The van der Waals surface area contributed by atoms with E-state index in [1.165, 1.54) is 14.2 Å². The molecule has 2 fully saturated rings. The molecule has 0 spiro atoms. The van der Waals surface area contributed by atoms with Crippen molar-refractivity contribution in [2.45, 2.75) is 49.9 Å². The lowest BCUT2D eigenvalue weighted by Gasteiger charge is -2.28. The predicted molar refractivity (Wildman–Crippen MR) is 229 cm³/mol. The first kappa shape index (κ1) is 39.8. The molecular weight excluding hydrogens is 789 g/mol. The van der Waals surface area contributed by atoms with Crippen molar-refractivity contribution < 1.29 is 28.7 Å². The Balaban J connectivity index is 0.910. The van der Waals surface area contributed by atoms with Gasteiger partial charge in [0.05, 0.1) is 54.7 Å². The number of nitrogens with one attached hydrogen (secondary N) is 4. The number of carbonyl (C=O) groups is 4. The topological polar surface area (TPSA) is 200 Å². The van der Waals surface area contributed by atoms with Crippen molar-refractivity contribution in [1.29, 1.82) is 0 Å². The third-order valence-corrected chi connectivity index (χ3v) is 11.6. The molecule has 4 aromatic heterocycles. The number of ether oxygens (including phenoxy) is 2. The Morgan fingerprint density at radius 3 is 1.73 bits per heavy atom. The van der Waals surface area contributed by atoms with Crippen LogP contribution in [-0.2, 0) is 19.1 Å². The van der Waals surface area contributed by atoms with Crippen LogP contribution in [0.3, 0.4) is 0 Å². The molecular formula is C46H44N10O6. The average Bonchev–Trinajstić information content (AvgIpc) is 4.16. The molecule has 3 aromatic carbocycles. The summed E-state index contributed by atoms with van der Waals surface area (Å²) < 4.78 is 9.67. The van der Waals surface area contributed by atoms with Crippen LogP contribution in [0.1, 0.15) is 72.6 Å². The molecule has 62 heavy (non-hydrogen) atoms. The van der Waals surface area contributed by atoms with Gasteiger partial charge in [0, 0.05) is 30.4 Å². The lowest BCUT2D eigenvalue weighted by Crippen LogP contribution is -2.42. The normalized spacial score (nSPS) is 17.2. The first-order chi connectivity index (χ1) is 30.3. The van der Waals surface area contributed by atoms with Crippen LogP contribution in [0, 0.1) is 0 Å². The van der Waals surface area contributed by atoms with Crippen molar-refractivity contribution >= 4 is 46.2 Å². The highest BCUT2D eigenvalue weighted by Gasteiger charge is 2.39. The van der Waals surface area contributed by atoms with Crippen LogP contribution < -0.4 is 10.6 Å². The van der Waals surface area contributed by atoms with E-state index < -0.39 is 24.3 Å². The molecule has 314 valence electrons. The molecule has 4 atom stereocenters. The quantitative estimate of drug-likeness (QED) is 0.110. The minimum Gasteiger partial charge on any atom is -0.453 e. The van der Waals surface area contributed by atoms with Gasteiger partial charge in [0.15, 0.2) is 5.65 Å². The number of imidazole rings is 2. The SMILES string of the molecule is COC(=O)N[C@@H](C(=O)N1CCC[C@H]1c1nc2cc(-c3ccc(-c4cnc5nc([C@@H]6CCCN6C(=O)[C@H](NC(=O)OC)c6ccccc6)[nH]c5c4)cc3)ncc2[nH]1)c1ccccc1. The fourth-order valence-electron chi connectivity index (χ4n) is 8.49. The Morgan fingerprint density at radius 2 is 1.16 bits per heavy atom. The highest BCUT2D eigenvalue weighted by Crippen LogP contribution is 2.36. The van der Waals surface area contributed by atoms with Gasteiger partial charge in [0.25, 0.3) is 11.8 Å². The molecule has 4 amide bonds. The van der Waals surface area contributed by atoms with Crippen LogP contribution in [0.2, 0.25) is 0 Å². The summed E-state index contributed by atoms with van der Waals surface area (Å²) in [5, 5.41) is 5.42. The van der Waals surface area contributed by atoms with Crippen molar-refractivity contribution in [2.24, 2.45) is 0 Å². The molecule has 2 saturated heterocycles. The molecule has 0 saturated carbocycles. The zero-order valence-electron chi connectivity index (χ0n) is 34.1. The van der Waals surface area contributed by atoms with E-state index in [9.17, 15) is 19.2 Å². The summed E-state index contributed by atoms with van der Waals surface area (Å²) in [6.07, 6.45) is 5.18. The van der Waals surface area contributed by atoms with E-state index in [4.69, 9.17) is 24.4 Å². The number of likely N-dealkylation sites (tertiary alicyclic amines) is 2. The Hall–Kier alpha value is -7.62. The molecule has 6 heterocycles. The van der Waals surface area contributed by atoms with Gasteiger partial charge in [-0.25, -0.2) is 24.5 Å². The Kier molecular flexibility index (Phi) is 11.0. The molecule has 4 N–H and O–H groups in total. The number of hydrogen-bond acceptors (Lipinski definition) is 10. The number of alkyl carbamates (subject to hydrolysis) is 2. The van der Waals surface area contributed by atoms with Gasteiger partial charge < -0.3 is 39.9 Å². The molecule has 7 aromatic rings. The lowest BCUT2D eigenvalue weighted by atomic mass is 10.0. The van der Waals surface area contributed by atoms with Gasteiger partial charge in [-0.3, -0.25) is 14.6 Å². The third kappa shape index (κ3) is 7.89. The number of aromatic amines is 2. The average molecular weight is 833 g/mol. The lowest BCUT2D eigenvalue weighted by molar-refractivity contribution is -0.135. The molecule has 16 nitrogen and oxygen atoms in total. The number of aromatic nitrogens is 6. The van der Waals surface area contributed by atoms with Crippen LogP contribution >= 0.6 is 0 Å². The number of carbonyl (C=O) groups excluding carboxylic acids is 4. The second-order valence-electron chi connectivity index (χ2n) is 15.3. The van der Waals surface area contributed by atoms with E-state index in [0.29, 0.717) is 47.9 Å². The number of nitrogens with zero attached hydrogens (tertiary/aromatic N) is 6. The number of rotatable bonds is 10. The van der Waals surface area contributed by atoms with Gasteiger partial charge in [0.2, 0.25) is 0 Å². The third-order valence-electron chi connectivity index (χ3n) is 11.6. The second-order valence-corrected chi connectivity index (χ2v) is 15.3. The van der Waals surface area contributed by atoms with Gasteiger partial charge in [-0.1, -0.05) is 84.9 Å². The number of methoxy groups -OCH3 is 2. The highest BCUT2D eigenvalue weighted by molar-refractivity contribution is 5.89. The van der Waals surface area contributed by atoms with E-state index in [1.807, 2.05) is 84.9 Å². The number of benzene rings is 3. The van der Waals surface area contributed by atoms with Crippen LogP contribution in [0.4, 0.5) is 9.59 Å². The Bertz CT molecular complexity index is 2570. The number of fused-ring (bicyclic) bond motifs is 2. The summed E-state index contributed by atoms with van der Waals surface area (Å²) in [4.78, 5) is 82.0. The monoisotopic (exact) mass is 832 g/mol. The van der Waals surface area contributed by atoms with Gasteiger partial charge in [-0.2, -0.15) is 0 Å². The summed E-state index contributed by atoms with van der Waals surface area (Å²) in [5.41, 5.74) is 7.56. The fourth-order valence-corrected chi connectivity index (χ4v) is 8.49. The van der Waals surface area contributed by atoms with Crippen LogP contribution in [0.25, 0.3) is 44.6 Å². The van der Waals surface area contributed by atoms with Crippen molar-refractivity contribution in [1.82, 2.24) is 50.3 Å². The molecule has 2 aliphatic heterocycles. The summed E-state index contributed by atoms with van der Waals surface area (Å²) in [7, 11) is 2.55. The fraction of sp³-hybridized carbons (Fsp3) is 0.261. The van der Waals surface area contributed by atoms with Crippen LogP contribution in [0.5, 0.6) is 0 Å². The summed E-state index contributed by atoms with van der Waals surface area (Å²) in [5.74, 6) is 0.824. The van der Waals surface area contributed by atoms with E-state index in [2.05, 4.69) is 25.6 Å². The van der Waals surface area contributed by atoms with E-state index in [1.54, 1.807) is 34.3 Å². The second kappa shape index (κ2) is 17.2. The number of amides is 4. The van der Waals surface area contributed by atoms with Gasteiger partial charge in [-0.15, -0.1) is 0 Å². The molecule has 0 radical (unpaired) electrons. The maximum absolute atomic E-state index is 14.0. The highest BCUT2D eigenvalue weighted by atomic mass is 16.5. The number of H-pyrrole nitrogens is 2. The number of pyridine rings is 2. The summed E-state index contributed by atoms with van der Waals surface area (Å²) in [6.45, 7) is 1.05. The minimum atomic E-state index is -0.909. The van der Waals surface area contributed by atoms with Gasteiger partial charge in [0.1, 0.15) is 23.7 Å². The zero-order chi connectivity index (χ0) is 42.7. The van der Waals surface area contributed by atoms with E-state index >= 15 is 0 Å². The van der Waals surface area contributed by atoms with Gasteiger partial charge >= 0.3 is 12.2 Å².